The molecule has 1 aromatic carbocycles. The van der Waals surface area contributed by atoms with Crippen LogP contribution in [0.25, 0.3) is 0 Å². The number of benzene rings is 1. The maximum Gasteiger partial charge on any atom is 0.222 e. The number of hydrogen-bond acceptors (Lipinski definition) is 2. The quantitative estimate of drug-likeness (QED) is 0.541. The highest BCUT2D eigenvalue weighted by Gasteiger charge is 2.08. The van der Waals surface area contributed by atoms with Crippen LogP contribution in [-0.2, 0) is 11.3 Å². The molecular weight excluding hydrogens is 262 g/mol. The van der Waals surface area contributed by atoms with Crippen molar-refractivity contribution in [1.82, 2.24) is 4.90 Å². The van der Waals surface area contributed by atoms with Gasteiger partial charge in [0.1, 0.15) is 12.4 Å². The van der Waals surface area contributed by atoms with Crippen LogP contribution in [0.3, 0.4) is 0 Å². The zero-order valence-corrected chi connectivity index (χ0v) is 12.0. The molecule has 0 spiro atoms. The van der Waals surface area contributed by atoms with E-state index in [0.717, 1.165) is 17.7 Å². The number of halogens is 1. The van der Waals surface area contributed by atoms with Crippen LogP contribution in [-0.4, -0.2) is 30.3 Å². The summed E-state index contributed by atoms with van der Waals surface area (Å²) in [6.07, 6.45) is 2.93. The van der Waals surface area contributed by atoms with Crippen molar-refractivity contribution in [2.45, 2.75) is 19.4 Å². The molecule has 0 aliphatic carbocycles. The lowest BCUT2D eigenvalue weighted by molar-refractivity contribution is -0.130. The van der Waals surface area contributed by atoms with Crippen molar-refractivity contribution in [1.29, 1.82) is 0 Å². The van der Waals surface area contributed by atoms with E-state index >= 15 is 0 Å². The summed E-state index contributed by atoms with van der Waals surface area (Å²) < 4.78 is 5.40. The highest BCUT2D eigenvalue weighted by atomic mass is 35.5. The maximum atomic E-state index is 11.7. The van der Waals surface area contributed by atoms with Crippen LogP contribution in [0.15, 0.2) is 36.9 Å². The van der Waals surface area contributed by atoms with E-state index in [-0.39, 0.29) is 5.91 Å². The number of carbonyl (C=O) groups is 1. The van der Waals surface area contributed by atoms with Crippen LogP contribution in [0.4, 0.5) is 0 Å². The van der Waals surface area contributed by atoms with Gasteiger partial charge < -0.3 is 9.64 Å². The molecule has 19 heavy (non-hydrogen) atoms. The summed E-state index contributed by atoms with van der Waals surface area (Å²) in [6.45, 7) is 4.69. The zero-order chi connectivity index (χ0) is 14.1. The summed E-state index contributed by atoms with van der Waals surface area (Å²) in [4.78, 5) is 13.5. The highest BCUT2D eigenvalue weighted by Crippen LogP contribution is 2.13. The Kier molecular flexibility index (Phi) is 7.04. The number of amides is 1. The lowest BCUT2D eigenvalue weighted by Gasteiger charge is -2.17. The highest BCUT2D eigenvalue weighted by molar-refractivity contribution is 6.17. The maximum absolute atomic E-state index is 11.7. The third-order valence-corrected chi connectivity index (χ3v) is 2.93. The lowest BCUT2D eigenvalue weighted by atomic mass is 10.2. The molecule has 3 nitrogen and oxygen atoms in total. The van der Waals surface area contributed by atoms with Crippen LogP contribution < -0.4 is 4.74 Å². The van der Waals surface area contributed by atoms with Crippen molar-refractivity contribution in [3.8, 4) is 5.75 Å². The summed E-state index contributed by atoms with van der Waals surface area (Å²) in [5, 5.41) is 0. The molecule has 4 heteroatoms. The van der Waals surface area contributed by atoms with Gasteiger partial charge in [-0.15, -0.1) is 11.6 Å². The van der Waals surface area contributed by atoms with Crippen molar-refractivity contribution in [3.05, 3.63) is 42.5 Å². The number of hydrogen-bond donors (Lipinski definition) is 0. The van der Waals surface area contributed by atoms with Gasteiger partial charge >= 0.3 is 0 Å². The fraction of sp³-hybridized carbons (Fsp3) is 0.400. The molecule has 0 fully saturated rings. The SMILES string of the molecule is C=CCOc1ccc(CN(C)C(=O)CCCCl)cc1. The molecule has 0 saturated heterocycles. The monoisotopic (exact) mass is 281 g/mol. The normalized spacial score (nSPS) is 10.0. The minimum atomic E-state index is 0.118. The Balaban J connectivity index is 2.47. The molecule has 0 radical (unpaired) electrons. The zero-order valence-electron chi connectivity index (χ0n) is 11.3. The molecule has 1 amide bonds. The topological polar surface area (TPSA) is 29.5 Å². The summed E-state index contributed by atoms with van der Waals surface area (Å²) in [7, 11) is 1.80. The smallest absolute Gasteiger partial charge is 0.222 e. The first-order valence-corrected chi connectivity index (χ1v) is 6.83. The third-order valence-electron chi connectivity index (χ3n) is 2.66. The number of alkyl halides is 1. The van der Waals surface area contributed by atoms with Crippen molar-refractivity contribution >= 4 is 17.5 Å². The van der Waals surface area contributed by atoms with Crippen molar-refractivity contribution in [2.75, 3.05) is 19.5 Å². The first-order valence-electron chi connectivity index (χ1n) is 6.30. The molecule has 0 unspecified atom stereocenters. The average Bonchev–Trinajstić information content (AvgIpc) is 2.43. The second-order valence-electron chi connectivity index (χ2n) is 4.29. The Hall–Kier alpha value is -1.48. The Labute approximate surface area is 119 Å². The van der Waals surface area contributed by atoms with Gasteiger partial charge in [0.05, 0.1) is 0 Å². The predicted octanol–water partition coefficient (Wildman–Crippen LogP) is 3.23. The van der Waals surface area contributed by atoms with E-state index in [9.17, 15) is 4.79 Å². The molecular formula is C15H20ClNO2. The summed E-state index contributed by atoms with van der Waals surface area (Å²) in [5.41, 5.74) is 1.08. The molecule has 0 N–H and O–H groups in total. The minimum Gasteiger partial charge on any atom is -0.490 e. The lowest BCUT2D eigenvalue weighted by Crippen LogP contribution is -2.25. The van der Waals surface area contributed by atoms with Crippen LogP contribution >= 0.6 is 11.6 Å². The van der Waals surface area contributed by atoms with E-state index < -0.39 is 0 Å². The van der Waals surface area contributed by atoms with Gasteiger partial charge in [-0.2, -0.15) is 0 Å². The Morgan fingerprint density at radius 1 is 1.42 bits per heavy atom. The molecule has 0 heterocycles. The first kappa shape index (κ1) is 15.6. The molecule has 0 atom stereocenters. The second-order valence-corrected chi connectivity index (χ2v) is 4.66. The average molecular weight is 282 g/mol. The number of ether oxygens (including phenoxy) is 1. The van der Waals surface area contributed by atoms with E-state index in [1.54, 1.807) is 18.0 Å². The fourth-order valence-electron chi connectivity index (χ4n) is 1.62. The van der Waals surface area contributed by atoms with Crippen molar-refractivity contribution in [3.63, 3.8) is 0 Å². The minimum absolute atomic E-state index is 0.118. The molecule has 0 bridgehead atoms. The fourth-order valence-corrected chi connectivity index (χ4v) is 1.75. The molecule has 0 aliphatic rings. The van der Waals surface area contributed by atoms with E-state index in [1.165, 1.54) is 0 Å². The molecule has 0 aliphatic heterocycles. The number of nitrogens with zero attached hydrogens (tertiary/aromatic N) is 1. The van der Waals surface area contributed by atoms with Gasteiger partial charge in [-0.05, 0) is 24.1 Å². The molecule has 1 rings (SSSR count). The van der Waals surface area contributed by atoms with E-state index in [1.807, 2.05) is 24.3 Å². The predicted molar refractivity (Wildman–Crippen MR) is 78.6 cm³/mol. The van der Waals surface area contributed by atoms with Crippen LogP contribution in [0, 0.1) is 0 Å². The Morgan fingerprint density at radius 3 is 2.68 bits per heavy atom. The van der Waals surface area contributed by atoms with E-state index in [4.69, 9.17) is 16.3 Å². The summed E-state index contributed by atoms with van der Waals surface area (Å²) in [5.74, 6) is 1.45. The Morgan fingerprint density at radius 2 is 2.11 bits per heavy atom. The van der Waals surface area contributed by atoms with Crippen LogP contribution in [0.5, 0.6) is 5.75 Å². The van der Waals surface area contributed by atoms with Crippen LogP contribution in [0.2, 0.25) is 0 Å². The molecule has 104 valence electrons. The second kappa shape index (κ2) is 8.59. The first-order chi connectivity index (χ1) is 9.17. The third kappa shape index (κ3) is 5.79. The standard InChI is InChI=1S/C15H20ClNO2/c1-3-11-19-14-8-6-13(7-9-14)12-17(2)15(18)5-4-10-16/h3,6-9H,1,4-5,10-12H2,2H3. The molecule has 0 saturated carbocycles. The van der Waals surface area contributed by atoms with Gasteiger partial charge in [0.15, 0.2) is 0 Å². The van der Waals surface area contributed by atoms with Crippen LogP contribution in [0.1, 0.15) is 18.4 Å². The Bertz CT molecular complexity index is 403. The van der Waals surface area contributed by atoms with E-state index in [2.05, 4.69) is 6.58 Å². The van der Waals surface area contributed by atoms with Gasteiger partial charge in [-0.25, -0.2) is 0 Å². The number of carbonyl (C=O) groups excluding carboxylic acids is 1. The van der Waals surface area contributed by atoms with Gasteiger partial charge in [0, 0.05) is 25.9 Å². The van der Waals surface area contributed by atoms with Gasteiger partial charge in [0.25, 0.3) is 0 Å². The number of rotatable bonds is 8. The van der Waals surface area contributed by atoms with Gasteiger partial charge in [-0.3, -0.25) is 4.79 Å². The summed E-state index contributed by atoms with van der Waals surface area (Å²) in [6, 6.07) is 7.72. The molecule has 1 aromatic rings. The van der Waals surface area contributed by atoms with E-state index in [0.29, 0.717) is 25.5 Å². The van der Waals surface area contributed by atoms with Gasteiger partial charge in [0.2, 0.25) is 5.91 Å². The molecule has 0 aromatic heterocycles. The largest absolute Gasteiger partial charge is 0.490 e. The van der Waals surface area contributed by atoms with Gasteiger partial charge in [-0.1, -0.05) is 24.8 Å². The summed E-state index contributed by atoms with van der Waals surface area (Å²) >= 11 is 5.58. The van der Waals surface area contributed by atoms with Crippen molar-refractivity contribution < 1.29 is 9.53 Å². The van der Waals surface area contributed by atoms with Crippen molar-refractivity contribution in [2.24, 2.45) is 0 Å².